The summed E-state index contributed by atoms with van der Waals surface area (Å²) in [5.74, 6) is -0.0360. The average molecular weight is 293 g/mol. The molecule has 6 nitrogen and oxygen atoms in total. The van der Waals surface area contributed by atoms with Gasteiger partial charge in [-0.1, -0.05) is 6.92 Å². The van der Waals surface area contributed by atoms with Crippen LogP contribution in [0.4, 0.5) is 5.13 Å². The summed E-state index contributed by atoms with van der Waals surface area (Å²) in [7, 11) is 0. The maximum absolute atomic E-state index is 12.1. The SMILES string of the molecule is CCCOc1cccn(CC(=O)Nc2nccs2)c1=O. The number of carbonyl (C=O) groups is 1. The van der Waals surface area contributed by atoms with E-state index >= 15 is 0 Å². The van der Waals surface area contributed by atoms with Crippen molar-refractivity contribution in [2.45, 2.75) is 19.9 Å². The maximum atomic E-state index is 12.1. The van der Waals surface area contributed by atoms with Crippen LogP contribution >= 0.6 is 11.3 Å². The van der Waals surface area contributed by atoms with E-state index in [2.05, 4.69) is 10.3 Å². The van der Waals surface area contributed by atoms with Gasteiger partial charge in [-0.05, 0) is 18.6 Å². The molecule has 7 heteroatoms. The zero-order valence-corrected chi connectivity index (χ0v) is 11.9. The second kappa shape index (κ2) is 6.85. The molecule has 0 bridgehead atoms. The highest BCUT2D eigenvalue weighted by Gasteiger charge is 2.09. The smallest absolute Gasteiger partial charge is 0.293 e. The number of anilines is 1. The third kappa shape index (κ3) is 3.67. The zero-order chi connectivity index (χ0) is 14.4. The number of ether oxygens (including phenoxy) is 1. The Labute approximate surface area is 120 Å². The molecule has 2 rings (SSSR count). The minimum absolute atomic E-state index is 0.0677. The Kier molecular flexibility index (Phi) is 4.89. The molecule has 1 N–H and O–H groups in total. The third-order valence-corrected chi connectivity index (χ3v) is 3.13. The molecule has 2 aromatic heterocycles. The van der Waals surface area contributed by atoms with Crippen molar-refractivity contribution in [3.63, 3.8) is 0 Å². The highest BCUT2D eigenvalue weighted by atomic mass is 32.1. The summed E-state index contributed by atoms with van der Waals surface area (Å²) < 4.78 is 6.65. The van der Waals surface area contributed by atoms with Gasteiger partial charge in [-0.15, -0.1) is 11.3 Å². The minimum Gasteiger partial charge on any atom is -0.488 e. The van der Waals surface area contributed by atoms with Crippen LogP contribution in [0.2, 0.25) is 0 Å². The first-order valence-corrected chi connectivity index (χ1v) is 7.10. The number of aromatic nitrogens is 2. The Balaban J connectivity index is 2.05. The fourth-order valence-corrected chi connectivity index (χ4v) is 2.10. The van der Waals surface area contributed by atoms with Crippen molar-refractivity contribution in [3.8, 4) is 5.75 Å². The molecule has 0 saturated heterocycles. The van der Waals surface area contributed by atoms with Gasteiger partial charge in [0.1, 0.15) is 6.54 Å². The quantitative estimate of drug-likeness (QED) is 0.880. The Morgan fingerprint density at radius 2 is 2.40 bits per heavy atom. The molecule has 0 atom stereocenters. The second-order valence-corrected chi connectivity index (χ2v) is 4.93. The van der Waals surface area contributed by atoms with Gasteiger partial charge in [0.2, 0.25) is 5.91 Å². The molecular formula is C13H15N3O3S. The summed E-state index contributed by atoms with van der Waals surface area (Å²) >= 11 is 1.33. The van der Waals surface area contributed by atoms with Gasteiger partial charge in [-0.2, -0.15) is 0 Å². The fraction of sp³-hybridized carbons (Fsp3) is 0.308. The summed E-state index contributed by atoms with van der Waals surface area (Å²) in [5, 5.41) is 4.91. The normalized spacial score (nSPS) is 10.2. The van der Waals surface area contributed by atoms with Gasteiger partial charge in [0.15, 0.2) is 10.9 Å². The lowest BCUT2D eigenvalue weighted by atomic mass is 10.4. The molecule has 1 amide bonds. The van der Waals surface area contributed by atoms with E-state index in [0.29, 0.717) is 11.7 Å². The first kappa shape index (κ1) is 14.3. The Bertz CT molecular complexity index is 622. The highest BCUT2D eigenvalue weighted by Crippen LogP contribution is 2.10. The zero-order valence-electron chi connectivity index (χ0n) is 11.0. The molecule has 0 spiro atoms. The summed E-state index contributed by atoms with van der Waals surface area (Å²) in [5.41, 5.74) is -0.310. The first-order valence-electron chi connectivity index (χ1n) is 6.22. The summed E-state index contributed by atoms with van der Waals surface area (Å²) in [4.78, 5) is 27.8. The lowest BCUT2D eigenvalue weighted by Gasteiger charge is -2.08. The molecule has 0 unspecified atom stereocenters. The third-order valence-electron chi connectivity index (χ3n) is 2.44. The van der Waals surface area contributed by atoms with Crippen LogP contribution in [0.5, 0.6) is 5.75 Å². The van der Waals surface area contributed by atoms with Gasteiger partial charge in [0, 0.05) is 17.8 Å². The van der Waals surface area contributed by atoms with E-state index in [-0.39, 0.29) is 23.8 Å². The van der Waals surface area contributed by atoms with Gasteiger partial charge in [-0.25, -0.2) is 4.98 Å². The molecule has 106 valence electrons. The predicted molar refractivity (Wildman–Crippen MR) is 77.2 cm³/mol. The summed E-state index contributed by atoms with van der Waals surface area (Å²) in [6.45, 7) is 2.37. The van der Waals surface area contributed by atoms with Crippen LogP contribution in [0, 0.1) is 0 Å². The van der Waals surface area contributed by atoms with Crippen molar-refractivity contribution >= 4 is 22.4 Å². The molecule has 0 saturated carbocycles. The number of hydrogen-bond donors (Lipinski definition) is 1. The second-order valence-electron chi connectivity index (χ2n) is 4.04. The van der Waals surface area contributed by atoms with Crippen molar-refractivity contribution in [3.05, 3.63) is 40.3 Å². The highest BCUT2D eigenvalue weighted by molar-refractivity contribution is 7.13. The minimum atomic E-state index is -0.310. The van der Waals surface area contributed by atoms with Crippen molar-refractivity contribution < 1.29 is 9.53 Å². The summed E-state index contributed by atoms with van der Waals surface area (Å²) in [6.07, 6.45) is 3.98. The van der Waals surface area contributed by atoms with Gasteiger partial charge in [-0.3, -0.25) is 9.59 Å². The van der Waals surface area contributed by atoms with Crippen LogP contribution in [-0.2, 0) is 11.3 Å². The number of amides is 1. The van der Waals surface area contributed by atoms with Gasteiger partial charge < -0.3 is 14.6 Å². The van der Waals surface area contributed by atoms with Crippen LogP contribution in [0.25, 0.3) is 0 Å². The monoisotopic (exact) mass is 293 g/mol. The molecule has 0 radical (unpaired) electrons. The van der Waals surface area contributed by atoms with E-state index in [9.17, 15) is 9.59 Å². The Morgan fingerprint density at radius 3 is 3.10 bits per heavy atom. The van der Waals surface area contributed by atoms with Crippen LogP contribution in [0.1, 0.15) is 13.3 Å². The molecular weight excluding hydrogens is 278 g/mol. The van der Waals surface area contributed by atoms with Crippen molar-refractivity contribution in [2.24, 2.45) is 0 Å². The average Bonchev–Trinajstić information content (AvgIpc) is 2.92. The lowest BCUT2D eigenvalue weighted by Crippen LogP contribution is -2.28. The van der Waals surface area contributed by atoms with Crippen LogP contribution in [-0.4, -0.2) is 22.1 Å². The number of hydrogen-bond acceptors (Lipinski definition) is 5. The molecule has 20 heavy (non-hydrogen) atoms. The lowest BCUT2D eigenvalue weighted by molar-refractivity contribution is -0.116. The molecule has 0 aliphatic heterocycles. The van der Waals surface area contributed by atoms with E-state index in [1.165, 1.54) is 15.9 Å². The number of thiazole rings is 1. The number of rotatable bonds is 6. The van der Waals surface area contributed by atoms with Gasteiger partial charge in [0.25, 0.3) is 5.56 Å². The molecule has 2 aromatic rings. The van der Waals surface area contributed by atoms with E-state index in [4.69, 9.17) is 4.74 Å². The largest absolute Gasteiger partial charge is 0.488 e. The van der Waals surface area contributed by atoms with Crippen LogP contribution in [0.15, 0.2) is 34.7 Å². The number of carbonyl (C=O) groups excluding carboxylic acids is 1. The van der Waals surface area contributed by atoms with E-state index in [0.717, 1.165) is 6.42 Å². The fourth-order valence-electron chi connectivity index (χ4n) is 1.56. The van der Waals surface area contributed by atoms with E-state index < -0.39 is 0 Å². The van der Waals surface area contributed by atoms with Gasteiger partial charge in [0.05, 0.1) is 6.61 Å². The molecule has 0 aromatic carbocycles. The first-order chi connectivity index (χ1) is 9.70. The van der Waals surface area contributed by atoms with Crippen LogP contribution in [0.3, 0.4) is 0 Å². The Morgan fingerprint density at radius 1 is 1.55 bits per heavy atom. The Hall–Kier alpha value is -2.15. The molecule has 0 aliphatic carbocycles. The summed E-state index contributed by atoms with van der Waals surface area (Å²) in [6, 6.07) is 3.29. The van der Waals surface area contributed by atoms with E-state index in [1.807, 2.05) is 6.92 Å². The molecule has 0 fully saturated rings. The van der Waals surface area contributed by atoms with Crippen molar-refractivity contribution in [2.75, 3.05) is 11.9 Å². The van der Waals surface area contributed by atoms with Gasteiger partial charge >= 0.3 is 0 Å². The number of pyridine rings is 1. The van der Waals surface area contributed by atoms with Crippen molar-refractivity contribution in [1.82, 2.24) is 9.55 Å². The van der Waals surface area contributed by atoms with Crippen molar-refractivity contribution in [1.29, 1.82) is 0 Å². The maximum Gasteiger partial charge on any atom is 0.293 e. The predicted octanol–water partition coefficient (Wildman–Crippen LogP) is 1.73. The number of nitrogens with zero attached hydrogens (tertiary/aromatic N) is 2. The number of nitrogens with one attached hydrogen (secondary N) is 1. The molecule has 2 heterocycles. The molecule has 0 aliphatic rings. The topological polar surface area (TPSA) is 73.2 Å². The van der Waals surface area contributed by atoms with E-state index in [1.54, 1.807) is 29.9 Å². The standard InChI is InChI=1S/C13H15N3O3S/c1-2-7-19-10-4-3-6-16(12(10)18)9-11(17)15-13-14-5-8-20-13/h3-6,8H,2,7,9H2,1H3,(H,14,15,17). The van der Waals surface area contributed by atoms with Crippen LogP contribution < -0.4 is 15.6 Å².